The molecule has 1 aliphatic heterocycles. The van der Waals surface area contributed by atoms with Crippen LogP contribution >= 0.6 is 0 Å². The first-order valence-electron chi connectivity index (χ1n) is 6.06. The third-order valence-corrected chi connectivity index (χ3v) is 3.19. The Morgan fingerprint density at radius 2 is 2.32 bits per heavy atom. The van der Waals surface area contributed by atoms with Gasteiger partial charge in [-0.2, -0.15) is 5.10 Å². The Bertz CT molecular complexity index is 448. The Morgan fingerprint density at radius 1 is 1.53 bits per heavy atom. The fraction of sp³-hybridized carbons (Fsp3) is 0.636. The van der Waals surface area contributed by atoms with Crippen LogP contribution in [0.15, 0.2) is 12.7 Å². The van der Waals surface area contributed by atoms with E-state index in [1.54, 1.807) is 0 Å². The van der Waals surface area contributed by atoms with E-state index in [-0.39, 0.29) is 25.7 Å². The second-order valence-electron chi connectivity index (χ2n) is 4.32. The molecule has 104 valence electrons. The molecule has 1 N–H and O–H groups in total. The second-order valence-corrected chi connectivity index (χ2v) is 4.32. The van der Waals surface area contributed by atoms with Gasteiger partial charge >= 0.3 is 5.97 Å². The maximum atomic E-state index is 12.2. The molecule has 1 aliphatic rings. The molecule has 0 aromatic carbocycles. The summed E-state index contributed by atoms with van der Waals surface area (Å²) in [5.41, 5.74) is 0. The molecule has 1 fully saturated rings. The molecule has 1 amide bonds. The van der Waals surface area contributed by atoms with Crippen LogP contribution < -0.4 is 0 Å². The van der Waals surface area contributed by atoms with Crippen molar-refractivity contribution in [3.05, 3.63) is 12.7 Å². The van der Waals surface area contributed by atoms with Crippen molar-refractivity contribution >= 4 is 11.9 Å². The summed E-state index contributed by atoms with van der Waals surface area (Å²) >= 11 is 0. The predicted molar refractivity (Wildman–Crippen MR) is 63.1 cm³/mol. The third kappa shape index (κ3) is 2.90. The number of aromatic nitrogens is 3. The van der Waals surface area contributed by atoms with Crippen molar-refractivity contribution in [1.29, 1.82) is 0 Å². The van der Waals surface area contributed by atoms with E-state index in [4.69, 9.17) is 9.84 Å². The number of hydrogen-bond acceptors (Lipinski definition) is 5. The van der Waals surface area contributed by atoms with Crippen molar-refractivity contribution in [3.8, 4) is 0 Å². The quantitative estimate of drug-likeness (QED) is 0.752. The summed E-state index contributed by atoms with van der Waals surface area (Å²) in [6.07, 6.45) is 2.80. The summed E-state index contributed by atoms with van der Waals surface area (Å²) in [6, 6.07) is -0.418. The number of carboxylic acid groups (broad SMARTS) is 1. The number of nitrogens with zero attached hydrogens (tertiary/aromatic N) is 4. The molecule has 0 aliphatic carbocycles. The van der Waals surface area contributed by atoms with Gasteiger partial charge in [0.25, 0.3) is 0 Å². The van der Waals surface area contributed by atoms with Crippen LogP contribution in [-0.4, -0.2) is 62.4 Å². The molecular formula is C11H16N4O4. The lowest BCUT2D eigenvalue weighted by Crippen LogP contribution is -2.47. The van der Waals surface area contributed by atoms with Gasteiger partial charge in [-0.25, -0.2) is 9.67 Å². The van der Waals surface area contributed by atoms with E-state index < -0.39 is 17.9 Å². The monoisotopic (exact) mass is 268 g/mol. The van der Waals surface area contributed by atoms with E-state index in [0.29, 0.717) is 6.54 Å². The molecule has 2 rings (SSSR count). The topological polar surface area (TPSA) is 97.5 Å². The van der Waals surface area contributed by atoms with Gasteiger partial charge in [0.05, 0.1) is 19.3 Å². The predicted octanol–water partition coefficient (Wildman–Crippen LogP) is -0.774. The van der Waals surface area contributed by atoms with Crippen molar-refractivity contribution < 1.29 is 19.4 Å². The summed E-state index contributed by atoms with van der Waals surface area (Å²) < 4.78 is 6.60. The first kappa shape index (κ1) is 13.5. The van der Waals surface area contributed by atoms with Crippen molar-refractivity contribution in [2.45, 2.75) is 19.5 Å². The van der Waals surface area contributed by atoms with E-state index in [1.165, 1.54) is 22.2 Å². The van der Waals surface area contributed by atoms with Crippen LogP contribution in [0, 0.1) is 5.92 Å². The molecular weight excluding hydrogens is 252 g/mol. The van der Waals surface area contributed by atoms with Crippen LogP contribution in [0.1, 0.15) is 6.92 Å². The standard InChI is InChI=1S/C11H16N4O4/c1-2-15(9-5-19-4-8(9)11(17)18)10(16)3-14-7-12-6-13-14/h6-9H,2-5H2,1H3,(H,17,18). The lowest BCUT2D eigenvalue weighted by atomic mass is 10.0. The zero-order valence-electron chi connectivity index (χ0n) is 10.6. The zero-order chi connectivity index (χ0) is 13.8. The molecule has 2 unspecified atom stereocenters. The maximum absolute atomic E-state index is 12.2. The number of amides is 1. The van der Waals surface area contributed by atoms with Crippen LogP contribution in [0.2, 0.25) is 0 Å². The summed E-state index contributed by atoms with van der Waals surface area (Å²) in [6.45, 7) is 2.71. The molecule has 8 heteroatoms. The molecule has 2 heterocycles. The van der Waals surface area contributed by atoms with Gasteiger partial charge in [-0.05, 0) is 6.92 Å². The minimum atomic E-state index is -0.936. The highest BCUT2D eigenvalue weighted by atomic mass is 16.5. The summed E-state index contributed by atoms with van der Waals surface area (Å²) in [7, 11) is 0. The van der Waals surface area contributed by atoms with Gasteiger partial charge in [-0.15, -0.1) is 0 Å². The number of carboxylic acids is 1. The lowest BCUT2D eigenvalue weighted by Gasteiger charge is -2.29. The van der Waals surface area contributed by atoms with E-state index in [0.717, 1.165) is 0 Å². The van der Waals surface area contributed by atoms with Crippen molar-refractivity contribution in [1.82, 2.24) is 19.7 Å². The number of ether oxygens (including phenoxy) is 1. The number of carbonyl (C=O) groups is 2. The van der Waals surface area contributed by atoms with Gasteiger partial charge in [0.2, 0.25) is 5.91 Å². The summed E-state index contributed by atoms with van der Waals surface area (Å²) in [4.78, 5) is 28.6. The minimum absolute atomic E-state index is 0.0523. The smallest absolute Gasteiger partial charge is 0.311 e. The fourth-order valence-electron chi connectivity index (χ4n) is 2.23. The highest BCUT2D eigenvalue weighted by Gasteiger charge is 2.39. The Kier molecular flexibility index (Phi) is 4.10. The van der Waals surface area contributed by atoms with Crippen molar-refractivity contribution in [3.63, 3.8) is 0 Å². The first-order valence-corrected chi connectivity index (χ1v) is 6.06. The normalized spacial score (nSPS) is 22.4. The van der Waals surface area contributed by atoms with Crippen LogP contribution in [0.25, 0.3) is 0 Å². The van der Waals surface area contributed by atoms with Gasteiger partial charge in [0, 0.05) is 6.54 Å². The van der Waals surface area contributed by atoms with E-state index >= 15 is 0 Å². The number of likely N-dealkylation sites (N-methyl/N-ethyl adjacent to an activating group) is 1. The summed E-state index contributed by atoms with van der Waals surface area (Å²) in [5.74, 6) is -1.79. The van der Waals surface area contributed by atoms with Gasteiger partial charge in [0.1, 0.15) is 25.1 Å². The van der Waals surface area contributed by atoms with E-state index in [1.807, 2.05) is 6.92 Å². The highest BCUT2D eigenvalue weighted by Crippen LogP contribution is 2.20. The molecule has 0 bridgehead atoms. The van der Waals surface area contributed by atoms with Crippen LogP contribution in [0.3, 0.4) is 0 Å². The first-order chi connectivity index (χ1) is 9.13. The molecule has 0 saturated carbocycles. The van der Waals surface area contributed by atoms with E-state index in [9.17, 15) is 9.59 Å². The zero-order valence-corrected chi connectivity index (χ0v) is 10.6. The SMILES string of the molecule is CCN(C(=O)Cn1cncn1)C1COCC1C(=O)O. The van der Waals surface area contributed by atoms with Gasteiger partial charge in [0.15, 0.2) is 0 Å². The average molecular weight is 268 g/mol. The molecule has 0 radical (unpaired) electrons. The highest BCUT2D eigenvalue weighted by molar-refractivity contribution is 5.78. The fourth-order valence-corrected chi connectivity index (χ4v) is 2.23. The third-order valence-electron chi connectivity index (χ3n) is 3.19. The second kappa shape index (κ2) is 5.79. The van der Waals surface area contributed by atoms with Crippen LogP contribution in [0.4, 0.5) is 0 Å². The largest absolute Gasteiger partial charge is 0.481 e. The van der Waals surface area contributed by atoms with Gasteiger partial charge in [-0.3, -0.25) is 9.59 Å². The number of rotatable bonds is 5. The molecule has 1 aromatic heterocycles. The van der Waals surface area contributed by atoms with Gasteiger partial charge < -0.3 is 14.7 Å². The molecule has 2 atom stereocenters. The Morgan fingerprint density at radius 3 is 2.89 bits per heavy atom. The molecule has 1 saturated heterocycles. The number of hydrogen-bond donors (Lipinski definition) is 1. The molecule has 1 aromatic rings. The maximum Gasteiger partial charge on any atom is 0.311 e. The lowest BCUT2D eigenvalue weighted by molar-refractivity contribution is -0.145. The van der Waals surface area contributed by atoms with Crippen molar-refractivity contribution in [2.75, 3.05) is 19.8 Å². The molecule has 8 nitrogen and oxygen atoms in total. The van der Waals surface area contributed by atoms with Crippen LogP contribution in [0.5, 0.6) is 0 Å². The summed E-state index contributed by atoms with van der Waals surface area (Å²) in [5, 5.41) is 13.0. The van der Waals surface area contributed by atoms with Crippen LogP contribution in [-0.2, 0) is 20.9 Å². The van der Waals surface area contributed by atoms with E-state index in [2.05, 4.69) is 10.1 Å². The Labute approximate surface area is 110 Å². The number of aliphatic carboxylic acids is 1. The number of carbonyl (C=O) groups excluding carboxylic acids is 1. The average Bonchev–Trinajstić information content (AvgIpc) is 3.00. The minimum Gasteiger partial charge on any atom is -0.481 e. The Balaban J connectivity index is 2.06. The Hall–Kier alpha value is -1.96. The van der Waals surface area contributed by atoms with Gasteiger partial charge in [-0.1, -0.05) is 0 Å². The molecule has 0 spiro atoms. The molecule has 19 heavy (non-hydrogen) atoms. The van der Waals surface area contributed by atoms with Crippen molar-refractivity contribution in [2.24, 2.45) is 5.92 Å².